The van der Waals surface area contributed by atoms with Crippen molar-refractivity contribution in [2.45, 2.75) is 32.2 Å². The molecule has 2 aliphatic heterocycles. The van der Waals surface area contributed by atoms with Crippen molar-refractivity contribution in [1.82, 2.24) is 4.90 Å². The first-order valence-corrected chi connectivity index (χ1v) is 7.07. The van der Waals surface area contributed by atoms with Crippen molar-refractivity contribution in [3.8, 4) is 0 Å². The summed E-state index contributed by atoms with van der Waals surface area (Å²) < 4.78 is 0. The number of hydrogen-bond donors (Lipinski definition) is 1. The molecule has 2 rings (SSSR count). The summed E-state index contributed by atoms with van der Waals surface area (Å²) in [6.07, 6.45) is 3.54. The lowest BCUT2D eigenvalue weighted by Crippen LogP contribution is -2.64. The molecule has 0 spiro atoms. The van der Waals surface area contributed by atoms with Gasteiger partial charge in [-0.05, 0) is 26.3 Å². The minimum Gasteiger partial charge on any atom is -0.477 e. The Hall–Kier alpha value is -1.27. The molecule has 2 aliphatic rings. The van der Waals surface area contributed by atoms with Crippen molar-refractivity contribution in [3.63, 3.8) is 0 Å². The molecular formula is C13H17ClN2O3S. The van der Waals surface area contributed by atoms with Crippen LogP contribution in [0.15, 0.2) is 28.4 Å². The number of halogens is 1. The quantitative estimate of drug-likeness (QED) is 0.639. The molecule has 0 aliphatic carbocycles. The van der Waals surface area contributed by atoms with Crippen molar-refractivity contribution in [2.75, 3.05) is 5.75 Å². The highest BCUT2D eigenvalue weighted by atomic mass is 35.5. The number of fused-ring (bicyclic) bond motifs is 1. The van der Waals surface area contributed by atoms with Crippen molar-refractivity contribution < 1.29 is 14.7 Å². The number of nitrogens with zero attached hydrogens (tertiary/aromatic N) is 2. The number of carbonyl (C=O) groups is 2. The molecule has 0 aromatic rings. The number of carboxylic acid groups (broad SMARTS) is 1. The van der Waals surface area contributed by atoms with E-state index >= 15 is 0 Å². The van der Waals surface area contributed by atoms with Gasteiger partial charge in [-0.3, -0.25) is 14.7 Å². The molecule has 0 radical (unpaired) electrons. The van der Waals surface area contributed by atoms with Gasteiger partial charge in [-0.25, -0.2) is 4.79 Å². The van der Waals surface area contributed by atoms with E-state index in [4.69, 9.17) is 0 Å². The minimum atomic E-state index is -1.05. The van der Waals surface area contributed by atoms with E-state index in [0.29, 0.717) is 11.3 Å². The van der Waals surface area contributed by atoms with Crippen molar-refractivity contribution in [1.29, 1.82) is 0 Å². The molecule has 0 aromatic carbocycles. The molecule has 0 bridgehead atoms. The number of carbonyl (C=O) groups excluding carboxylic acids is 1. The molecule has 0 unspecified atom stereocenters. The maximum atomic E-state index is 12.1. The molecule has 1 N–H and O–H groups in total. The molecule has 2 heterocycles. The Kier molecular flexibility index (Phi) is 5.42. The van der Waals surface area contributed by atoms with Crippen LogP contribution in [-0.2, 0) is 9.59 Å². The van der Waals surface area contributed by atoms with Crippen LogP contribution in [0.25, 0.3) is 0 Å². The summed E-state index contributed by atoms with van der Waals surface area (Å²) in [5.74, 6) is -0.685. The van der Waals surface area contributed by atoms with E-state index in [1.165, 1.54) is 4.90 Å². The van der Waals surface area contributed by atoms with E-state index in [9.17, 15) is 14.7 Å². The summed E-state index contributed by atoms with van der Waals surface area (Å²) in [6, 6.07) is -0.434. The Bertz CT molecular complexity index is 524. The normalized spacial score (nSPS) is 24.9. The van der Waals surface area contributed by atoms with Crippen LogP contribution in [0, 0.1) is 0 Å². The topological polar surface area (TPSA) is 70.0 Å². The van der Waals surface area contributed by atoms with E-state index < -0.39 is 12.0 Å². The van der Waals surface area contributed by atoms with E-state index in [1.54, 1.807) is 23.9 Å². The molecule has 2 atom stereocenters. The highest BCUT2D eigenvalue weighted by Gasteiger charge is 2.53. The van der Waals surface area contributed by atoms with Crippen molar-refractivity contribution in [2.24, 2.45) is 4.99 Å². The Labute approximate surface area is 128 Å². The van der Waals surface area contributed by atoms with E-state index in [1.807, 2.05) is 20.8 Å². The molecule has 110 valence electrons. The Morgan fingerprint density at radius 1 is 1.50 bits per heavy atom. The molecule has 0 aromatic heterocycles. The van der Waals surface area contributed by atoms with Crippen molar-refractivity contribution in [3.05, 3.63) is 23.4 Å². The molecule has 20 heavy (non-hydrogen) atoms. The van der Waals surface area contributed by atoms with Gasteiger partial charge in [-0.1, -0.05) is 12.2 Å². The average molecular weight is 317 g/mol. The number of carboxylic acids is 1. The number of thioether (sulfide) groups is 1. The van der Waals surface area contributed by atoms with Gasteiger partial charge in [-0.2, -0.15) is 0 Å². The maximum absolute atomic E-state index is 12.1. The fourth-order valence-corrected chi connectivity index (χ4v) is 3.52. The average Bonchev–Trinajstić information content (AvgIpc) is 2.35. The van der Waals surface area contributed by atoms with Gasteiger partial charge < -0.3 is 5.11 Å². The number of β-lactam (4-membered cyclic amide) rings is 1. The Balaban J connectivity index is 0.00000200. The third-order valence-corrected chi connectivity index (χ3v) is 4.23. The Morgan fingerprint density at radius 3 is 2.65 bits per heavy atom. The van der Waals surface area contributed by atoms with Crippen LogP contribution in [0.4, 0.5) is 0 Å². The third-order valence-electron chi connectivity index (χ3n) is 2.94. The standard InChI is InChI=1S/C13H16N2O3S.ClH/c1-4-5-8-6-19-12-9(14-7(2)3)11(16)15(12)10(8)13(17)18;/h4-5,9,12H,6H2,1-3H3,(H,17,18);1H/b5-4-;/t9-,12-;/m1./s1. The second-order valence-electron chi connectivity index (χ2n) is 4.61. The predicted molar refractivity (Wildman–Crippen MR) is 82.4 cm³/mol. The van der Waals surface area contributed by atoms with Gasteiger partial charge in [-0.15, -0.1) is 24.2 Å². The van der Waals surface area contributed by atoms with Gasteiger partial charge >= 0.3 is 5.97 Å². The summed E-state index contributed by atoms with van der Waals surface area (Å²) in [5, 5.41) is 9.13. The van der Waals surface area contributed by atoms with Gasteiger partial charge in [0.25, 0.3) is 5.91 Å². The fourth-order valence-electron chi connectivity index (χ4n) is 2.22. The molecule has 1 amide bonds. The van der Waals surface area contributed by atoms with Crippen LogP contribution < -0.4 is 0 Å². The molecule has 7 heteroatoms. The second kappa shape index (κ2) is 6.45. The lowest BCUT2D eigenvalue weighted by Gasteiger charge is -2.47. The SMILES string of the molecule is C/C=C\C1=C(C(=O)O)N2C(=O)[C@@H](N=C(C)C)[C@H]2SC1.Cl. The number of allylic oxidation sites excluding steroid dienone is 2. The molecule has 1 saturated heterocycles. The van der Waals surface area contributed by atoms with Crippen LogP contribution >= 0.6 is 24.2 Å². The number of amides is 1. The fraction of sp³-hybridized carbons (Fsp3) is 0.462. The smallest absolute Gasteiger partial charge is 0.352 e. The zero-order valence-electron chi connectivity index (χ0n) is 11.5. The molecular weight excluding hydrogens is 300 g/mol. The van der Waals surface area contributed by atoms with Gasteiger partial charge in [0.15, 0.2) is 6.04 Å². The molecule has 5 nitrogen and oxygen atoms in total. The first kappa shape index (κ1) is 16.8. The van der Waals surface area contributed by atoms with E-state index in [2.05, 4.69) is 4.99 Å². The van der Waals surface area contributed by atoms with Gasteiger partial charge in [0.1, 0.15) is 11.1 Å². The highest BCUT2D eigenvalue weighted by molar-refractivity contribution is 8.00. The van der Waals surface area contributed by atoms with Crippen LogP contribution in [0.2, 0.25) is 0 Å². The van der Waals surface area contributed by atoms with Crippen LogP contribution in [0.1, 0.15) is 20.8 Å². The second-order valence-corrected chi connectivity index (χ2v) is 5.71. The van der Waals surface area contributed by atoms with Crippen LogP contribution in [0.3, 0.4) is 0 Å². The van der Waals surface area contributed by atoms with E-state index in [-0.39, 0.29) is 29.4 Å². The van der Waals surface area contributed by atoms with Gasteiger partial charge in [0.05, 0.1) is 0 Å². The van der Waals surface area contributed by atoms with Crippen molar-refractivity contribution >= 4 is 41.8 Å². The maximum Gasteiger partial charge on any atom is 0.352 e. The van der Waals surface area contributed by atoms with Gasteiger partial charge in [0, 0.05) is 11.5 Å². The number of rotatable bonds is 3. The van der Waals surface area contributed by atoms with E-state index in [0.717, 1.165) is 5.71 Å². The zero-order chi connectivity index (χ0) is 14.2. The summed E-state index contributed by atoms with van der Waals surface area (Å²) >= 11 is 1.56. The predicted octanol–water partition coefficient (Wildman–Crippen LogP) is 2.09. The van der Waals surface area contributed by atoms with Crippen LogP contribution in [0.5, 0.6) is 0 Å². The summed E-state index contributed by atoms with van der Waals surface area (Å²) in [5.41, 5.74) is 1.62. The Morgan fingerprint density at radius 2 is 2.15 bits per heavy atom. The molecule has 0 saturated carbocycles. The monoisotopic (exact) mass is 316 g/mol. The lowest BCUT2D eigenvalue weighted by atomic mass is 10.0. The van der Waals surface area contributed by atoms with Gasteiger partial charge in [0.2, 0.25) is 0 Å². The summed E-state index contributed by atoms with van der Waals surface area (Å²) in [4.78, 5) is 29.1. The van der Waals surface area contributed by atoms with Crippen LogP contribution in [-0.4, -0.2) is 44.8 Å². The number of hydrogen-bond acceptors (Lipinski definition) is 4. The largest absolute Gasteiger partial charge is 0.477 e. The lowest BCUT2D eigenvalue weighted by molar-refractivity contribution is -0.147. The molecule has 1 fully saturated rings. The summed E-state index contributed by atoms with van der Waals surface area (Å²) in [6.45, 7) is 5.50. The highest BCUT2D eigenvalue weighted by Crippen LogP contribution is 2.41. The zero-order valence-corrected chi connectivity index (χ0v) is 13.1. The number of aliphatic carboxylic acids is 1. The first-order chi connectivity index (χ1) is 8.97. The third kappa shape index (κ3) is 2.76. The number of aliphatic imine (C=N–C) groups is 1. The summed E-state index contributed by atoms with van der Waals surface area (Å²) in [7, 11) is 0. The minimum absolute atomic E-state index is 0. The first-order valence-electron chi connectivity index (χ1n) is 6.02.